The fraction of sp³-hybridized carbons (Fsp3) is 0.323. The molecule has 202 valence electrons. The zero-order chi connectivity index (χ0) is 27.7. The molecule has 1 N–H and O–H groups in total. The number of nitrogens with zero attached hydrogens (tertiary/aromatic N) is 1. The number of rotatable bonds is 12. The van der Waals surface area contributed by atoms with E-state index in [0.717, 1.165) is 23.1 Å². The number of amides is 1. The SMILES string of the molecule is C=C/C=C\C(=C/C=C)c1ccc(S(=O)(=O)N2CCSC2C(=O)NC(c2ccccc2)C(C)CC(C)C)cc1. The van der Waals surface area contributed by atoms with Gasteiger partial charge in [-0.3, -0.25) is 4.79 Å². The molecule has 1 fully saturated rings. The van der Waals surface area contributed by atoms with Crippen LogP contribution < -0.4 is 5.32 Å². The van der Waals surface area contributed by atoms with E-state index in [1.165, 1.54) is 16.1 Å². The summed E-state index contributed by atoms with van der Waals surface area (Å²) < 4.78 is 28.6. The van der Waals surface area contributed by atoms with Crippen LogP contribution in [-0.2, 0) is 14.8 Å². The summed E-state index contributed by atoms with van der Waals surface area (Å²) in [5, 5.41) is 2.38. The molecule has 1 saturated heterocycles. The maximum Gasteiger partial charge on any atom is 0.249 e. The van der Waals surface area contributed by atoms with Gasteiger partial charge in [0.25, 0.3) is 0 Å². The number of hydrogen-bond donors (Lipinski definition) is 1. The second-order valence-corrected chi connectivity index (χ2v) is 12.9. The molecule has 0 bridgehead atoms. The summed E-state index contributed by atoms with van der Waals surface area (Å²) in [6.07, 6.45) is 9.86. The quantitative estimate of drug-likeness (QED) is 0.302. The molecule has 0 spiro atoms. The van der Waals surface area contributed by atoms with Crippen molar-refractivity contribution in [2.75, 3.05) is 12.3 Å². The Bertz CT molecular complexity index is 1270. The second-order valence-electron chi connectivity index (χ2n) is 9.82. The molecule has 2 aromatic carbocycles. The van der Waals surface area contributed by atoms with Gasteiger partial charge in [-0.2, -0.15) is 4.31 Å². The summed E-state index contributed by atoms with van der Waals surface area (Å²) in [4.78, 5) is 13.7. The maximum absolute atomic E-state index is 13.6. The minimum Gasteiger partial charge on any atom is -0.347 e. The van der Waals surface area contributed by atoms with Crippen LogP contribution in [0.5, 0.6) is 0 Å². The molecule has 0 aliphatic carbocycles. The lowest BCUT2D eigenvalue weighted by molar-refractivity contribution is -0.123. The third kappa shape index (κ3) is 7.37. The van der Waals surface area contributed by atoms with Crippen molar-refractivity contribution < 1.29 is 13.2 Å². The molecule has 2 aromatic rings. The van der Waals surface area contributed by atoms with Crippen molar-refractivity contribution in [1.29, 1.82) is 0 Å². The number of sulfonamides is 1. The monoisotopic (exact) mass is 550 g/mol. The van der Waals surface area contributed by atoms with Gasteiger partial charge in [-0.15, -0.1) is 11.8 Å². The first kappa shape index (κ1) is 29.7. The average Bonchev–Trinajstić information content (AvgIpc) is 3.41. The minimum atomic E-state index is -3.87. The molecule has 3 atom stereocenters. The Morgan fingerprint density at radius 2 is 1.76 bits per heavy atom. The lowest BCUT2D eigenvalue weighted by Crippen LogP contribution is -2.46. The van der Waals surface area contributed by atoms with Gasteiger partial charge in [-0.25, -0.2) is 8.42 Å². The first-order valence-corrected chi connectivity index (χ1v) is 15.4. The van der Waals surface area contributed by atoms with E-state index in [-0.39, 0.29) is 29.3 Å². The van der Waals surface area contributed by atoms with Crippen LogP contribution in [0.1, 0.15) is 44.4 Å². The first-order valence-electron chi connectivity index (χ1n) is 12.9. The molecule has 1 aliphatic heterocycles. The molecule has 1 heterocycles. The summed E-state index contributed by atoms with van der Waals surface area (Å²) in [7, 11) is -3.87. The Kier molecular flexibility index (Phi) is 10.8. The summed E-state index contributed by atoms with van der Waals surface area (Å²) >= 11 is 1.36. The summed E-state index contributed by atoms with van der Waals surface area (Å²) in [6.45, 7) is 14.2. The average molecular weight is 551 g/mol. The van der Waals surface area contributed by atoms with Gasteiger partial charge in [0.05, 0.1) is 10.9 Å². The predicted octanol–water partition coefficient (Wildman–Crippen LogP) is 6.60. The fourth-order valence-electron chi connectivity index (χ4n) is 4.73. The highest BCUT2D eigenvalue weighted by Crippen LogP contribution is 2.33. The Morgan fingerprint density at radius 3 is 2.37 bits per heavy atom. The van der Waals surface area contributed by atoms with Crippen LogP contribution in [0.3, 0.4) is 0 Å². The molecule has 1 amide bonds. The number of carbonyl (C=O) groups is 1. The van der Waals surface area contributed by atoms with Gasteiger partial charge >= 0.3 is 0 Å². The topological polar surface area (TPSA) is 66.5 Å². The van der Waals surface area contributed by atoms with Crippen molar-refractivity contribution in [3.05, 3.63) is 109 Å². The molecule has 1 aliphatic rings. The van der Waals surface area contributed by atoms with Gasteiger partial charge in [0, 0.05) is 12.3 Å². The fourth-order valence-corrected chi connectivity index (χ4v) is 7.81. The molecule has 3 rings (SSSR count). The normalized spacial score (nSPS) is 18.4. The van der Waals surface area contributed by atoms with E-state index in [2.05, 4.69) is 39.2 Å². The van der Waals surface area contributed by atoms with E-state index >= 15 is 0 Å². The number of allylic oxidation sites excluding steroid dienone is 6. The van der Waals surface area contributed by atoms with E-state index in [9.17, 15) is 13.2 Å². The van der Waals surface area contributed by atoms with Crippen molar-refractivity contribution in [3.63, 3.8) is 0 Å². The van der Waals surface area contributed by atoms with Crippen molar-refractivity contribution >= 4 is 33.3 Å². The molecule has 38 heavy (non-hydrogen) atoms. The van der Waals surface area contributed by atoms with Gasteiger partial charge in [0.15, 0.2) is 0 Å². The molecule has 0 aromatic heterocycles. The van der Waals surface area contributed by atoms with Crippen molar-refractivity contribution in [2.45, 2.75) is 43.5 Å². The highest BCUT2D eigenvalue weighted by Gasteiger charge is 2.41. The largest absolute Gasteiger partial charge is 0.347 e. The standard InChI is InChI=1S/C31H38N2O3S2/c1-6-8-13-25(12-7-2)26-16-18-28(19-17-26)38(35,36)33-20-21-37-31(33)30(34)32-29(24(5)22-23(3)4)27-14-10-9-11-15-27/h6-19,23-24,29,31H,1-2,20-22H2,3-5H3,(H,32,34)/b13-8-,25-12+. The zero-order valence-electron chi connectivity index (χ0n) is 22.4. The van der Waals surface area contributed by atoms with Crippen molar-refractivity contribution in [3.8, 4) is 0 Å². The molecule has 3 unspecified atom stereocenters. The summed E-state index contributed by atoms with van der Waals surface area (Å²) in [5.74, 6) is 0.954. The molecular formula is C31H38N2O3S2. The lowest BCUT2D eigenvalue weighted by atomic mass is 9.88. The van der Waals surface area contributed by atoms with Gasteiger partial charge in [-0.1, -0.05) is 107 Å². The maximum atomic E-state index is 13.6. The highest BCUT2D eigenvalue weighted by atomic mass is 32.2. The molecule has 0 radical (unpaired) electrons. The summed E-state index contributed by atoms with van der Waals surface area (Å²) in [5.41, 5.74) is 2.77. The van der Waals surface area contributed by atoms with Crippen molar-refractivity contribution in [2.24, 2.45) is 11.8 Å². The van der Waals surface area contributed by atoms with E-state index < -0.39 is 15.4 Å². The van der Waals surface area contributed by atoms with E-state index in [4.69, 9.17) is 0 Å². The van der Waals surface area contributed by atoms with Crippen LogP contribution in [-0.4, -0.2) is 36.3 Å². The van der Waals surface area contributed by atoms with E-state index in [1.54, 1.807) is 36.4 Å². The zero-order valence-corrected chi connectivity index (χ0v) is 24.0. The molecule has 5 nitrogen and oxygen atoms in total. The Balaban J connectivity index is 1.83. The van der Waals surface area contributed by atoms with E-state index in [0.29, 0.717) is 11.7 Å². The van der Waals surface area contributed by atoms with E-state index in [1.807, 2.05) is 48.6 Å². The molecule has 7 heteroatoms. The van der Waals surface area contributed by atoms with Crippen LogP contribution >= 0.6 is 11.8 Å². The second kappa shape index (κ2) is 13.8. The minimum absolute atomic E-state index is 0.167. The van der Waals surface area contributed by atoms with Crippen molar-refractivity contribution in [1.82, 2.24) is 9.62 Å². The smallest absolute Gasteiger partial charge is 0.249 e. The lowest BCUT2D eigenvalue weighted by Gasteiger charge is -2.30. The number of thioether (sulfide) groups is 1. The predicted molar refractivity (Wildman–Crippen MR) is 160 cm³/mol. The summed E-state index contributed by atoms with van der Waals surface area (Å²) in [6, 6.07) is 16.4. The Morgan fingerprint density at radius 1 is 1.08 bits per heavy atom. The van der Waals surface area contributed by atoms with Crippen LogP contribution in [0.2, 0.25) is 0 Å². The van der Waals surface area contributed by atoms with Crippen LogP contribution in [0.4, 0.5) is 0 Å². The number of carbonyl (C=O) groups excluding carboxylic acids is 1. The van der Waals surface area contributed by atoms with Crippen LogP contribution in [0.15, 0.2) is 103 Å². The Labute approximate surface area is 232 Å². The van der Waals surface area contributed by atoms with Gasteiger partial charge < -0.3 is 5.32 Å². The number of hydrogen-bond acceptors (Lipinski definition) is 4. The van der Waals surface area contributed by atoms with Crippen LogP contribution in [0, 0.1) is 11.8 Å². The third-order valence-corrected chi connectivity index (χ3v) is 9.66. The van der Waals surface area contributed by atoms with Gasteiger partial charge in [0.1, 0.15) is 5.37 Å². The van der Waals surface area contributed by atoms with Crippen LogP contribution in [0.25, 0.3) is 5.57 Å². The number of benzene rings is 2. The number of nitrogens with one attached hydrogen (secondary N) is 1. The Hall–Kier alpha value is -2.87. The molecular weight excluding hydrogens is 512 g/mol. The van der Waals surface area contributed by atoms with Gasteiger partial charge in [-0.05, 0) is 47.1 Å². The third-order valence-electron chi connectivity index (χ3n) is 6.45. The molecule has 0 saturated carbocycles. The first-order chi connectivity index (χ1) is 18.2. The highest BCUT2D eigenvalue weighted by molar-refractivity contribution is 8.02. The van der Waals surface area contributed by atoms with Gasteiger partial charge in [0.2, 0.25) is 15.9 Å².